The molecule has 90 valence electrons. The van der Waals surface area contributed by atoms with Gasteiger partial charge in [-0.1, -0.05) is 30.3 Å². The van der Waals surface area contributed by atoms with Crippen LogP contribution in [0.5, 0.6) is 0 Å². The van der Waals surface area contributed by atoms with E-state index < -0.39 is 5.97 Å². The molecule has 1 N–H and O–H groups in total. The van der Waals surface area contributed by atoms with Crippen molar-refractivity contribution in [3.8, 4) is 0 Å². The summed E-state index contributed by atoms with van der Waals surface area (Å²) in [6.07, 6.45) is 1.26. The Bertz CT molecular complexity index is 591. The second-order valence-electron chi connectivity index (χ2n) is 3.68. The van der Waals surface area contributed by atoms with Gasteiger partial charge in [-0.2, -0.15) is 4.74 Å². The second-order valence-corrected chi connectivity index (χ2v) is 3.68. The fourth-order valence-corrected chi connectivity index (χ4v) is 1.58. The molecule has 2 aromatic rings. The first-order valence-electron chi connectivity index (χ1n) is 5.37. The van der Waals surface area contributed by atoms with Crippen molar-refractivity contribution in [2.45, 2.75) is 0 Å². The summed E-state index contributed by atoms with van der Waals surface area (Å²) in [5.41, 5.74) is 0.941. The molecule has 0 fully saturated rings. The summed E-state index contributed by atoms with van der Waals surface area (Å²) in [5, 5.41) is 20.9. The standard InChI is InChI=1S/C14H11NO3/c16-14(17)13-9-5-4-6-11(13)10-15(18)12-7-2-1-3-8-12/h1-10H,(H,16,17)/b15-10-. The zero-order chi connectivity index (χ0) is 13.0. The lowest BCUT2D eigenvalue weighted by Crippen LogP contribution is -2.05. The summed E-state index contributed by atoms with van der Waals surface area (Å²) in [6, 6.07) is 15.0. The molecule has 0 radical (unpaired) electrons. The smallest absolute Gasteiger partial charge is 0.336 e. The Kier molecular flexibility index (Phi) is 3.38. The van der Waals surface area contributed by atoms with Crippen LogP contribution in [0, 0.1) is 5.21 Å². The first-order valence-corrected chi connectivity index (χ1v) is 5.37. The Morgan fingerprint density at radius 3 is 2.33 bits per heavy atom. The maximum absolute atomic E-state index is 11.9. The van der Waals surface area contributed by atoms with Crippen LogP contribution in [0.15, 0.2) is 54.6 Å². The van der Waals surface area contributed by atoms with E-state index in [1.165, 1.54) is 12.3 Å². The largest absolute Gasteiger partial charge is 0.618 e. The number of hydrogen-bond acceptors (Lipinski definition) is 2. The van der Waals surface area contributed by atoms with Crippen molar-refractivity contribution >= 4 is 17.9 Å². The summed E-state index contributed by atoms with van der Waals surface area (Å²) in [6.45, 7) is 0. The van der Waals surface area contributed by atoms with Gasteiger partial charge in [0, 0.05) is 12.1 Å². The number of benzene rings is 2. The van der Waals surface area contributed by atoms with Crippen LogP contribution < -0.4 is 0 Å². The third kappa shape index (κ3) is 2.55. The van der Waals surface area contributed by atoms with Crippen molar-refractivity contribution in [2.75, 3.05) is 0 Å². The maximum Gasteiger partial charge on any atom is 0.336 e. The molecule has 0 heterocycles. The third-order valence-corrected chi connectivity index (χ3v) is 2.46. The molecule has 0 aliphatic carbocycles. The van der Waals surface area contributed by atoms with E-state index in [9.17, 15) is 10.0 Å². The van der Waals surface area contributed by atoms with Crippen LogP contribution in [0.3, 0.4) is 0 Å². The summed E-state index contributed by atoms with van der Waals surface area (Å²) < 4.78 is 0.655. The number of nitrogens with zero attached hydrogens (tertiary/aromatic N) is 1. The Hall–Kier alpha value is -2.62. The quantitative estimate of drug-likeness (QED) is 0.389. The van der Waals surface area contributed by atoms with Gasteiger partial charge in [0.2, 0.25) is 5.69 Å². The molecule has 0 spiro atoms. The van der Waals surface area contributed by atoms with Crippen LogP contribution in [-0.4, -0.2) is 22.0 Å². The monoisotopic (exact) mass is 241 g/mol. The van der Waals surface area contributed by atoms with Crippen LogP contribution in [0.1, 0.15) is 15.9 Å². The summed E-state index contributed by atoms with van der Waals surface area (Å²) >= 11 is 0. The molecule has 0 amide bonds. The zero-order valence-electron chi connectivity index (χ0n) is 9.48. The number of carboxylic acid groups (broad SMARTS) is 1. The summed E-state index contributed by atoms with van der Waals surface area (Å²) in [5.74, 6) is -1.05. The number of rotatable bonds is 3. The molecule has 2 aromatic carbocycles. The molecule has 4 heteroatoms. The summed E-state index contributed by atoms with van der Waals surface area (Å²) in [7, 11) is 0. The van der Waals surface area contributed by atoms with E-state index in [1.807, 2.05) is 6.07 Å². The zero-order valence-corrected chi connectivity index (χ0v) is 9.48. The van der Waals surface area contributed by atoms with Gasteiger partial charge in [-0.25, -0.2) is 4.79 Å². The van der Waals surface area contributed by atoms with Crippen LogP contribution in [-0.2, 0) is 0 Å². The van der Waals surface area contributed by atoms with Gasteiger partial charge in [-0.05, 0) is 12.1 Å². The molecule has 2 rings (SSSR count). The molecule has 0 aromatic heterocycles. The van der Waals surface area contributed by atoms with Crippen LogP contribution in [0.25, 0.3) is 0 Å². The van der Waals surface area contributed by atoms with E-state index >= 15 is 0 Å². The number of hydrogen-bond donors (Lipinski definition) is 1. The fraction of sp³-hybridized carbons (Fsp3) is 0. The summed E-state index contributed by atoms with van der Waals surface area (Å²) in [4.78, 5) is 11.0. The van der Waals surface area contributed by atoms with Crippen molar-refractivity contribution in [2.24, 2.45) is 0 Å². The Morgan fingerprint density at radius 2 is 1.67 bits per heavy atom. The molecule has 0 aliphatic heterocycles. The van der Waals surface area contributed by atoms with E-state index in [-0.39, 0.29) is 5.56 Å². The second kappa shape index (κ2) is 5.14. The number of para-hydroxylation sites is 1. The Labute approximate surface area is 104 Å². The molecule has 18 heavy (non-hydrogen) atoms. The molecule has 0 atom stereocenters. The number of aromatic carboxylic acids is 1. The minimum atomic E-state index is -1.05. The van der Waals surface area contributed by atoms with Crippen molar-refractivity contribution in [1.29, 1.82) is 0 Å². The minimum absolute atomic E-state index is 0.106. The molecular weight excluding hydrogens is 230 g/mol. The van der Waals surface area contributed by atoms with Crippen molar-refractivity contribution in [3.63, 3.8) is 0 Å². The molecule has 0 saturated carbocycles. The first-order chi connectivity index (χ1) is 8.68. The maximum atomic E-state index is 11.9. The fourth-order valence-electron chi connectivity index (χ4n) is 1.58. The van der Waals surface area contributed by atoms with Gasteiger partial charge in [0.05, 0.1) is 11.1 Å². The molecular formula is C14H11NO3. The normalized spacial score (nSPS) is 11.2. The highest BCUT2D eigenvalue weighted by Crippen LogP contribution is 2.11. The van der Waals surface area contributed by atoms with Crippen molar-refractivity contribution in [1.82, 2.24) is 0 Å². The van der Waals surface area contributed by atoms with Gasteiger partial charge in [0.1, 0.15) is 0 Å². The average molecular weight is 241 g/mol. The first kappa shape index (κ1) is 11.9. The number of carboxylic acids is 1. The SMILES string of the molecule is O=C(O)c1ccccc1/C=[N+](\[O-])c1ccccc1. The topological polar surface area (TPSA) is 63.4 Å². The molecule has 4 nitrogen and oxygen atoms in total. The van der Waals surface area contributed by atoms with Crippen molar-refractivity contribution < 1.29 is 14.6 Å². The van der Waals surface area contributed by atoms with E-state index in [0.717, 1.165) is 0 Å². The molecule has 0 unspecified atom stereocenters. The molecule has 0 aliphatic rings. The van der Waals surface area contributed by atoms with Crippen LogP contribution in [0.4, 0.5) is 5.69 Å². The van der Waals surface area contributed by atoms with E-state index in [0.29, 0.717) is 16.0 Å². The molecule has 0 bridgehead atoms. The van der Waals surface area contributed by atoms with Crippen molar-refractivity contribution in [3.05, 3.63) is 70.9 Å². The van der Waals surface area contributed by atoms with Gasteiger partial charge < -0.3 is 10.3 Å². The van der Waals surface area contributed by atoms with Gasteiger partial charge >= 0.3 is 5.97 Å². The molecule has 0 saturated heterocycles. The van der Waals surface area contributed by atoms with E-state index in [1.54, 1.807) is 42.5 Å². The van der Waals surface area contributed by atoms with E-state index in [4.69, 9.17) is 5.11 Å². The lowest BCUT2D eigenvalue weighted by Gasteiger charge is -2.04. The van der Waals surface area contributed by atoms with E-state index in [2.05, 4.69) is 0 Å². The predicted molar refractivity (Wildman–Crippen MR) is 68.3 cm³/mol. The third-order valence-electron chi connectivity index (χ3n) is 2.46. The lowest BCUT2D eigenvalue weighted by molar-refractivity contribution is -0.354. The van der Waals surface area contributed by atoms with Gasteiger partial charge in [0.15, 0.2) is 6.21 Å². The predicted octanol–water partition coefficient (Wildman–Crippen LogP) is 2.65. The minimum Gasteiger partial charge on any atom is -0.618 e. The Balaban J connectivity index is 2.42. The average Bonchev–Trinajstić information content (AvgIpc) is 2.40. The highest BCUT2D eigenvalue weighted by Gasteiger charge is 2.10. The van der Waals surface area contributed by atoms with Gasteiger partial charge in [-0.15, -0.1) is 0 Å². The number of carbonyl (C=O) groups is 1. The Morgan fingerprint density at radius 1 is 1.06 bits per heavy atom. The highest BCUT2D eigenvalue weighted by atomic mass is 16.5. The van der Waals surface area contributed by atoms with Crippen LogP contribution >= 0.6 is 0 Å². The lowest BCUT2D eigenvalue weighted by atomic mass is 10.1. The van der Waals surface area contributed by atoms with Gasteiger partial charge in [0.25, 0.3) is 0 Å². The highest BCUT2D eigenvalue weighted by molar-refractivity contribution is 5.97. The van der Waals surface area contributed by atoms with Gasteiger partial charge in [-0.3, -0.25) is 0 Å². The van der Waals surface area contributed by atoms with Crippen LogP contribution in [0.2, 0.25) is 0 Å².